The van der Waals surface area contributed by atoms with Gasteiger partial charge in [-0.3, -0.25) is 19.4 Å². The lowest BCUT2D eigenvalue weighted by atomic mass is 10.0. The summed E-state index contributed by atoms with van der Waals surface area (Å²) in [5.41, 5.74) is 10.6. The van der Waals surface area contributed by atoms with Crippen molar-refractivity contribution in [2.75, 3.05) is 0 Å². The molecule has 238 valence electrons. The molecule has 2 aliphatic heterocycles. The van der Waals surface area contributed by atoms with Crippen LogP contribution in [0.15, 0.2) is 24.8 Å². The standard InChI is InChI=1S/C36H38N4O6/c1-9-22-18(5)27-14-26(17(3)4)37-25(11-12-32(42)45-21(8)41)24-13-33(43)46-36(44)34-20(7)29(40-35(24)34)16-31-23(10-2)19(6)28(39-31)15-30(22)38-27/h9,14-17,38,40H,1,10-13H2,2-8H3. The van der Waals surface area contributed by atoms with Gasteiger partial charge in [-0.2, -0.15) is 0 Å². The fraction of sp³-hybridized carbons (Fsp3) is 0.333. The average Bonchev–Trinajstić information content (AvgIpc) is 3.54. The van der Waals surface area contributed by atoms with E-state index in [0.717, 1.165) is 58.0 Å². The van der Waals surface area contributed by atoms with Crippen molar-refractivity contribution in [2.45, 2.75) is 80.1 Å². The summed E-state index contributed by atoms with van der Waals surface area (Å²) in [5.74, 6) is -3.02. The van der Waals surface area contributed by atoms with Crippen molar-refractivity contribution >= 4 is 63.2 Å². The van der Waals surface area contributed by atoms with E-state index >= 15 is 0 Å². The SMILES string of the molecule is C=Cc1c(C)c2cc(C(C)C)nc(CCC(=O)OC(C)=O)c3c4[nH]c(cc5nc(cc1[nH]2)C(C)=C5CC)c(C)c4C(=O)OC(=O)C3. The monoisotopic (exact) mass is 622 g/mol. The van der Waals surface area contributed by atoms with Crippen LogP contribution in [0, 0.1) is 13.8 Å². The summed E-state index contributed by atoms with van der Waals surface area (Å²) >= 11 is 0. The van der Waals surface area contributed by atoms with E-state index in [4.69, 9.17) is 19.4 Å². The summed E-state index contributed by atoms with van der Waals surface area (Å²) in [7, 11) is 0. The first kappa shape index (κ1) is 32.3. The van der Waals surface area contributed by atoms with Gasteiger partial charge in [0.15, 0.2) is 0 Å². The molecular weight excluding hydrogens is 584 g/mol. The molecule has 2 aliphatic rings. The Labute approximate surface area is 267 Å². The molecule has 0 saturated carbocycles. The molecular formula is C36H38N4O6. The number of ether oxygens (including phenoxy) is 2. The number of nitrogens with one attached hydrogen (secondary N) is 2. The van der Waals surface area contributed by atoms with Crippen LogP contribution in [-0.2, 0) is 36.7 Å². The number of fused-ring (bicyclic) bond motifs is 5. The van der Waals surface area contributed by atoms with Crippen LogP contribution in [0.2, 0.25) is 0 Å². The van der Waals surface area contributed by atoms with E-state index in [-0.39, 0.29) is 30.7 Å². The fourth-order valence-corrected chi connectivity index (χ4v) is 6.03. The molecule has 0 saturated heterocycles. The summed E-state index contributed by atoms with van der Waals surface area (Å²) in [6.07, 6.45) is 2.16. The van der Waals surface area contributed by atoms with E-state index in [1.54, 1.807) is 6.92 Å². The number of nitrogens with zero attached hydrogens (tertiary/aromatic N) is 2. The summed E-state index contributed by atoms with van der Waals surface area (Å²) in [4.78, 5) is 67.2. The Morgan fingerprint density at radius 3 is 2.37 bits per heavy atom. The van der Waals surface area contributed by atoms with Crippen LogP contribution in [0.1, 0.15) is 109 Å². The average molecular weight is 623 g/mol. The zero-order valence-corrected chi connectivity index (χ0v) is 27.3. The van der Waals surface area contributed by atoms with Crippen molar-refractivity contribution in [3.05, 3.63) is 75.4 Å². The molecule has 46 heavy (non-hydrogen) atoms. The zero-order valence-electron chi connectivity index (χ0n) is 27.3. The highest BCUT2D eigenvalue weighted by Gasteiger charge is 2.29. The number of rotatable bonds is 6. The van der Waals surface area contributed by atoms with Gasteiger partial charge in [0.05, 0.1) is 35.3 Å². The largest absolute Gasteiger partial charge is 0.393 e. The van der Waals surface area contributed by atoms with Crippen LogP contribution in [0.3, 0.4) is 0 Å². The second-order valence-electron chi connectivity index (χ2n) is 11.9. The van der Waals surface area contributed by atoms with Gasteiger partial charge in [-0.15, -0.1) is 0 Å². The highest BCUT2D eigenvalue weighted by molar-refractivity contribution is 6.09. The molecule has 0 aliphatic carbocycles. The second kappa shape index (κ2) is 12.7. The predicted octanol–water partition coefficient (Wildman–Crippen LogP) is 6.99. The first-order chi connectivity index (χ1) is 21.8. The lowest BCUT2D eigenvalue weighted by molar-refractivity contribution is -0.158. The molecule has 6 bridgehead atoms. The highest BCUT2D eigenvalue weighted by atomic mass is 16.6. The lowest BCUT2D eigenvalue weighted by Crippen LogP contribution is -2.13. The Bertz CT molecular complexity index is 2030. The van der Waals surface area contributed by atoms with Crippen molar-refractivity contribution < 1.29 is 28.7 Å². The molecule has 0 radical (unpaired) electrons. The molecule has 0 aromatic carbocycles. The van der Waals surface area contributed by atoms with E-state index in [1.165, 1.54) is 0 Å². The van der Waals surface area contributed by atoms with Gasteiger partial charge in [0, 0.05) is 52.4 Å². The number of aromatic nitrogens is 4. The Morgan fingerprint density at radius 2 is 1.72 bits per heavy atom. The normalized spacial score (nSPS) is 13.5. The number of H-pyrrole nitrogens is 2. The Balaban J connectivity index is 2.00. The van der Waals surface area contributed by atoms with Gasteiger partial charge in [0.25, 0.3) is 0 Å². The van der Waals surface area contributed by atoms with E-state index in [2.05, 4.69) is 23.5 Å². The number of aryl methyl sites for hydroxylation is 3. The lowest BCUT2D eigenvalue weighted by Gasteiger charge is -2.09. The Morgan fingerprint density at radius 1 is 1.02 bits per heavy atom. The van der Waals surface area contributed by atoms with Gasteiger partial charge in [0.2, 0.25) is 0 Å². The van der Waals surface area contributed by atoms with Gasteiger partial charge in [-0.1, -0.05) is 33.4 Å². The first-order valence-electron chi connectivity index (χ1n) is 15.4. The molecule has 3 aromatic rings. The van der Waals surface area contributed by atoms with Crippen LogP contribution in [0.5, 0.6) is 0 Å². The van der Waals surface area contributed by atoms with Crippen molar-refractivity contribution in [3.63, 3.8) is 0 Å². The van der Waals surface area contributed by atoms with E-state index in [0.29, 0.717) is 33.5 Å². The number of hydrogen-bond acceptors (Lipinski definition) is 8. The number of esters is 4. The third-order valence-corrected chi connectivity index (χ3v) is 8.52. The van der Waals surface area contributed by atoms with Crippen molar-refractivity contribution in [2.24, 2.45) is 0 Å². The molecule has 3 aromatic heterocycles. The molecule has 0 spiro atoms. The number of cyclic esters (lactones) is 2. The van der Waals surface area contributed by atoms with Gasteiger partial charge in [0.1, 0.15) is 0 Å². The number of hydrogen-bond donors (Lipinski definition) is 2. The molecule has 5 rings (SSSR count). The molecule has 10 nitrogen and oxygen atoms in total. The highest BCUT2D eigenvalue weighted by Crippen LogP contribution is 2.35. The minimum Gasteiger partial charge on any atom is -0.393 e. The molecule has 10 heteroatoms. The Kier molecular flexibility index (Phi) is 8.92. The molecule has 0 amide bonds. The first-order valence-corrected chi connectivity index (χ1v) is 15.4. The maximum Gasteiger partial charge on any atom is 0.348 e. The van der Waals surface area contributed by atoms with Crippen molar-refractivity contribution in [3.8, 4) is 0 Å². The molecule has 0 fully saturated rings. The summed E-state index contributed by atoms with van der Waals surface area (Å²) in [5, 5.41) is 0. The van der Waals surface area contributed by atoms with Gasteiger partial charge < -0.3 is 19.4 Å². The Hall–Kier alpha value is -5.12. The summed E-state index contributed by atoms with van der Waals surface area (Å²) < 4.78 is 10.0. The number of carbonyl (C=O) groups is 4. The van der Waals surface area contributed by atoms with Crippen LogP contribution in [0.4, 0.5) is 0 Å². The smallest absolute Gasteiger partial charge is 0.348 e. The van der Waals surface area contributed by atoms with Crippen LogP contribution in [-0.4, -0.2) is 43.8 Å². The number of carbonyl (C=O) groups excluding carboxylic acids is 4. The van der Waals surface area contributed by atoms with Crippen molar-refractivity contribution in [1.29, 1.82) is 0 Å². The van der Waals surface area contributed by atoms with E-state index < -0.39 is 23.9 Å². The maximum absolute atomic E-state index is 13.3. The molecule has 5 heterocycles. The topological polar surface area (TPSA) is 144 Å². The molecule has 2 N–H and O–H groups in total. The minimum atomic E-state index is -0.765. The fourth-order valence-electron chi connectivity index (χ4n) is 6.03. The second-order valence-corrected chi connectivity index (χ2v) is 11.9. The maximum atomic E-state index is 13.3. The zero-order chi connectivity index (χ0) is 33.4. The molecule has 0 atom stereocenters. The van der Waals surface area contributed by atoms with Gasteiger partial charge >= 0.3 is 23.9 Å². The third-order valence-electron chi connectivity index (χ3n) is 8.52. The van der Waals surface area contributed by atoms with Crippen LogP contribution >= 0.6 is 0 Å². The quantitative estimate of drug-likeness (QED) is 0.221. The van der Waals surface area contributed by atoms with Crippen molar-refractivity contribution in [1.82, 2.24) is 19.9 Å². The van der Waals surface area contributed by atoms with Gasteiger partial charge in [-0.25, -0.2) is 9.78 Å². The van der Waals surface area contributed by atoms with E-state index in [9.17, 15) is 19.2 Å². The van der Waals surface area contributed by atoms with Crippen LogP contribution < -0.4 is 0 Å². The minimum absolute atomic E-state index is 0.0388. The summed E-state index contributed by atoms with van der Waals surface area (Å²) in [6, 6.07) is 5.88. The number of aromatic amines is 2. The van der Waals surface area contributed by atoms with E-state index in [1.807, 2.05) is 52.0 Å². The summed E-state index contributed by atoms with van der Waals surface area (Å²) in [6.45, 7) is 17.1. The third kappa shape index (κ3) is 6.07. The molecule has 0 unspecified atom stereocenters. The van der Waals surface area contributed by atoms with Gasteiger partial charge in [-0.05, 0) is 73.6 Å². The van der Waals surface area contributed by atoms with Crippen LogP contribution in [0.25, 0.3) is 39.3 Å². The predicted molar refractivity (Wildman–Crippen MR) is 177 cm³/mol. The number of allylic oxidation sites excluding steroid dienone is 2.